The molecule has 22 heteroatoms. The van der Waals surface area contributed by atoms with Gasteiger partial charge in [0.1, 0.15) is 36.0 Å². The van der Waals surface area contributed by atoms with Crippen LogP contribution in [0.25, 0.3) is 0 Å². The second-order valence-electron chi connectivity index (χ2n) is 12.0. The Balaban J connectivity index is 3.11. The number of aliphatic imine (C=N–C) groups is 1. The number of aromatic hydroxyl groups is 1. The van der Waals surface area contributed by atoms with Gasteiger partial charge >= 0.3 is 5.97 Å². The third kappa shape index (κ3) is 17.2. The van der Waals surface area contributed by atoms with E-state index in [1.54, 1.807) is 0 Å². The van der Waals surface area contributed by atoms with Gasteiger partial charge in [0.05, 0.1) is 25.1 Å². The lowest BCUT2D eigenvalue weighted by Gasteiger charge is -2.26. The van der Waals surface area contributed by atoms with Crippen molar-refractivity contribution in [1.29, 1.82) is 0 Å². The number of hydrogen-bond acceptors (Lipinski definition) is 12. The molecule has 0 unspecified atom stereocenters. The van der Waals surface area contributed by atoms with Crippen molar-refractivity contribution in [2.24, 2.45) is 27.9 Å². The van der Waals surface area contributed by atoms with E-state index in [4.69, 9.17) is 28.0 Å². The molecule has 0 aliphatic carbocycles. The molecule has 22 nitrogen and oxygen atoms in total. The number of carboxylic acid groups (broad SMARTS) is 1. The number of aliphatic carboxylic acids is 1. The third-order valence-corrected chi connectivity index (χ3v) is 7.34. The van der Waals surface area contributed by atoms with Gasteiger partial charge in [0.2, 0.25) is 41.4 Å². The van der Waals surface area contributed by atoms with Gasteiger partial charge in [-0.1, -0.05) is 12.1 Å². The van der Waals surface area contributed by atoms with Crippen molar-refractivity contribution >= 4 is 53.3 Å². The van der Waals surface area contributed by atoms with Crippen molar-refractivity contribution in [3.63, 3.8) is 0 Å². The first-order chi connectivity index (χ1) is 24.7. The van der Waals surface area contributed by atoms with Crippen molar-refractivity contribution in [2.45, 2.75) is 88.8 Å². The van der Waals surface area contributed by atoms with Crippen molar-refractivity contribution in [3.8, 4) is 5.75 Å². The smallest absolute Gasteiger partial charge is 0.325 e. The number of nitrogens with one attached hydrogen (secondary N) is 6. The summed E-state index contributed by atoms with van der Waals surface area (Å²) in [6, 6.07) is -2.86. The Labute approximate surface area is 304 Å². The zero-order valence-electron chi connectivity index (χ0n) is 29.5. The zero-order valence-corrected chi connectivity index (χ0v) is 29.5. The number of aliphatic hydroxyl groups is 1. The van der Waals surface area contributed by atoms with Crippen LogP contribution in [0.1, 0.15) is 45.6 Å². The maximum absolute atomic E-state index is 13.6. The molecule has 0 saturated carbocycles. The summed E-state index contributed by atoms with van der Waals surface area (Å²) in [6.07, 6.45) is -2.09. The molecular formula is C31H49N11O11. The van der Waals surface area contributed by atoms with Crippen LogP contribution in [0, 0.1) is 0 Å². The Hall–Kier alpha value is -6.03. The first-order valence-electron chi connectivity index (χ1n) is 16.3. The number of primary amides is 1. The predicted octanol–water partition coefficient (Wildman–Crippen LogP) is -5.76. The van der Waals surface area contributed by atoms with Crippen LogP contribution < -0.4 is 54.8 Å². The molecule has 294 valence electrons. The summed E-state index contributed by atoms with van der Waals surface area (Å²) in [4.78, 5) is 104. The number of carboxylic acids is 1. The maximum Gasteiger partial charge on any atom is 0.325 e. The number of aliphatic hydroxyl groups excluding tert-OH is 1. The highest BCUT2D eigenvalue weighted by molar-refractivity contribution is 5.97. The van der Waals surface area contributed by atoms with Gasteiger partial charge in [-0.25, -0.2) is 0 Å². The van der Waals surface area contributed by atoms with Crippen LogP contribution in [0.3, 0.4) is 0 Å². The number of phenols is 1. The number of rotatable bonds is 22. The molecule has 0 radical (unpaired) electrons. The van der Waals surface area contributed by atoms with Gasteiger partial charge in [0.25, 0.3) is 0 Å². The number of carbonyl (C=O) groups is 8. The minimum absolute atomic E-state index is 0.0996. The first kappa shape index (κ1) is 45.0. The van der Waals surface area contributed by atoms with Crippen LogP contribution in [0.5, 0.6) is 5.75 Å². The van der Waals surface area contributed by atoms with Crippen LogP contribution in [-0.4, -0.2) is 124 Å². The van der Waals surface area contributed by atoms with Gasteiger partial charge in [0.15, 0.2) is 5.96 Å². The summed E-state index contributed by atoms with van der Waals surface area (Å²) in [6.45, 7) is 3.11. The van der Waals surface area contributed by atoms with Crippen LogP contribution >= 0.6 is 0 Å². The number of hydrogen-bond donors (Lipinski definition) is 13. The van der Waals surface area contributed by atoms with Crippen LogP contribution in [0.4, 0.5) is 0 Å². The van der Waals surface area contributed by atoms with E-state index >= 15 is 0 Å². The molecule has 17 N–H and O–H groups in total. The molecular weight excluding hydrogens is 702 g/mol. The Morgan fingerprint density at radius 2 is 1.34 bits per heavy atom. The van der Waals surface area contributed by atoms with Crippen molar-refractivity contribution < 1.29 is 53.7 Å². The fourth-order valence-electron chi connectivity index (χ4n) is 4.38. The fourth-order valence-corrected chi connectivity index (χ4v) is 4.38. The normalized spacial score (nSPS) is 14.7. The first-order valence-corrected chi connectivity index (χ1v) is 16.3. The van der Waals surface area contributed by atoms with Gasteiger partial charge in [0, 0.05) is 13.0 Å². The molecule has 0 aliphatic rings. The standard InChI is InChI=1S/C31H49N11O11/c1-14(25(47)39-15(2)30(52)53)38-23(46)13-37-29(51)24(16(3)43)42-28(50)20(11-17-6-8-18(44)9-7-17)41-27(49)21(12-22(33)45)40-26(48)19(32)5-4-10-36-31(34)35/h6-9,14-16,19-21,24,43-44H,4-5,10-13,32H2,1-3H3,(H2,33,45)(H,37,51)(H,38,46)(H,39,47)(H,40,48)(H,41,49)(H,42,50)(H,52,53)(H4,34,35,36)/t14-,15-,16+,19-,20-,21-,24-/m0/s1. The highest BCUT2D eigenvalue weighted by atomic mass is 16.4. The quantitative estimate of drug-likeness (QED) is 0.0298. The van der Waals surface area contributed by atoms with Gasteiger partial charge in [-0.15, -0.1) is 0 Å². The summed E-state index contributed by atoms with van der Waals surface area (Å²) >= 11 is 0. The monoisotopic (exact) mass is 751 g/mol. The molecule has 0 fully saturated rings. The van der Waals surface area contributed by atoms with Gasteiger partial charge in [-0.3, -0.25) is 43.3 Å². The fraction of sp³-hybridized carbons (Fsp3) is 0.516. The lowest BCUT2D eigenvalue weighted by atomic mass is 10.0. The summed E-state index contributed by atoms with van der Waals surface area (Å²) in [5, 5.41) is 42.6. The van der Waals surface area contributed by atoms with E-state index in [-0.39, 0.29) is 31.1 Å². The highest BCUT2D eigenvalue weighted by Crippen LogP contribution is 2.12. The Bertz CT molecular complexity index is 1500. The Morgan fingerprint density at radius 3 is 1.89 bits per heavy atom. The van der Waals surface area contributed by atoms with E-state index in [0.29, 0.717) is 12.0 Å². The van der Waals surface area contributed by atoms with Crippen molar-refractivity contribution in [1.82, 2.24) is 31.9 Å². The minimum atomic E-state index is -1.69. The average molecular weight is 752 g/mol. The maximum atomic E-state index is 13.6. The van der Waals surface area contributed by atoms with Crippen molar-refractivity contribution in [2.75, 3.05) is 13.1 Å². The SMILES string of the molecule is C[C@H](NC(=O)[C@H](C)NC(=O)CNC(=O)[C@@H](NC(=O)[C@H](Cc1ccc(O)cc1)NC(=O)[C@H](CC(N)=O)NC(=O)[C@@H](N)CCCN=C(N)N)[C@@H](C)O)C(=O)O. The lowest BCUT2D eigenvalue weighted by Crippen LogP contribution is -2.60. The molecule has 1 aromatic rings. The molecule has 0 aromatic heterocycles. The van der Waals surface area contributed by atoms with Crippen molar-refractivity contribution in [3.05, 3.63) is 29.8 Å². The summed E-state index contributed by atoms with van der Waals surface area (Å²) < 4.78 is 0. The van der Waals surface area contributed by atoms with E-state index in [1.807, 2.05) is 0 Å². The third-order valence-electron chi connectivity index (χ3n) is 7.34. The number of nitrogens with zero attached hydrogens (tertiary/aromatic N) is 1. The Morgan fingerprint density at radius 1 is 0.755 bits per heavy atom. The number of phenolic OH excluding ortho intramolecular Hbond substituents is 1. The van der Waals surface area contributed by atoms with E-state index < -0.39 is 103 Å². The largest absolute Gasteiger partial charge is 0.508 e. The summed E-state index contributed by atoms with van der Waals surface area (Å²) in [5.74, 6) is -8.13. The highest BCUT2D eigenvalue weighted by Gasteiger charge is 2.33. The number of guanidine groups is 1. The molecule has 1 rings (SSSR count). The van der Waals surface area contributed by atoms with Gasteiger partial charge < -0.3 is 70.2 Å². The summed E-state index contributed by atoms with van der Waals surface area (Å²) in [5.41, 5.74) is 22.2. The number of amides is 7. The molecule has 0 spiro atoms. The van der Waals surface area contributed by atoms with Crippen LogP contribution in [-0.2, 0) is 44.8 Å². The molecule has 53 heavy (non-hydrogen) atoms. The molecule has 0 heterocycles. The van der Waals surface area contributed by atoms with E-state index in [2.05, 4.69) is 36.9 Å². The topological polar surface area (TPSA) is 386 Å². The van der Waals surface area contributed by atoms with E-state index in [1.165, 1.54) is 38.1 Å². The Kier molecular flexibility index (Phi) is 18.7. The van der Waals surface area contributed by atoms with Gasteiger partial charge in [-0.2, -0.15) is 0 Å². The zero-order chi connectivity index (χ0) is 40.4. The second-order valence-corrected chi connectivity index (χ2v) is 12.0. The molecule has 1 aromatic carbocycles. The van der Waals surface area contributed by atoms with Gasteiger partial charge in [-0.05, 0) is 51.3 Å². The molecule has 7 atom stereocenters. The molecule has 7 amide bonds. The number of carbonyl (C=O) groups excluding carboxylic acids is 7. The second kappa shape index (κ2) is 22.0. The lowest BCUT2D eigenvalue weighted by molar-refractivity contribution is -0.141. The molecule has 0 bridgehead atoms. The van der Waals surface area contributed by atoms with Crippen LogP contribution in [0.2, 0.25) is 0 Å². The summed E-state index contributed by atoms with van der Waals surface area (Å²) in [7, 11) is 0. The van der Waals surface area contributed by atoms with Crippen LogP contribution in [0.15, 0.2) is 29.3 Å². The average Bonchev–Trinajstić information content (AvgIpc) is 3.07. The van der Waals surface area contributed by atoms with E-state index in [0.717, 1.165) is 6.92 Å². The minimum Gasteiger partial charge on any atom is -0.508 e. The molecule has 0 aliphatic heterocycles. The predicted molar refractivity (Wildman–Crippen MR) is 187 cm³/mol. The number of benzene rings is 1. The number of nitrogens with two attached hydrogens (primary N) is 4. The molecule has 0 saturated heterocycles. The van der Waals surface area contributed by atoms with E-state index in [9.17, 15) is 48.6 Å².